The molecule has 25 heavy (non-hydrogen) atoms. The van der Waals surface area contributed by atoms with Gasteiger partial charge >= 0.3 is 0 Å². The zero-order valence-electron chi connectivity index (χ0n) is 13.5. The average molecular weight is 356 g/mol. The van der Waals surface area contributed by atoms with Gasteiger partial charge in [0.05, 0.1) is 16.1 Å². The monoisotopic (exact) mass is 356 g/mol. The van der Waals surface area contributed by atoms with Crippen LogP contribution in [0.15, 0.2) is 42.7 Å². The van der Waals surface area contributed by atoms with Crippen LogP contribution in [-0.4, -0.2) is 35.5 Å². The van der Waals surface area contributed by atoms with E-state index in [1.807, 2.05) is 12.1 Å². The largest absolute Gasteiger partial charge is 0.355 e. The molecule has 1 aromatic carbocycles. The van der Waals surface area contributed by atoms with E-state index < -0.39 is 0 Å². The van der Waals surface area contributed by atoms with Crippen LogP contribution in [-0.2, 0) is 11.2 Å². The third-order valence-electron chi connectivity index (χ3n) is 4.32. The molecule has 0 saturated carbocycles. The average Bonchev–Trinajstić information content (AvgIpc) is 2.97. The number of rotatable bonds is 5. The standard InChI is InChI=1S/C18H17FN4OS/c19-14-1-2-15-16(9-14)25-18(22-15)23-10-13(11-23)17(24)21-8-5-12-3-6-20-7-4-12/h1-4,6-7,9,13H,5,8,10-11H2,(H,21,24). The molecule has 3 aromatic rings. The van der Waals surface area contributed by atoms with Gasteiger partial charge in [-0.1, -0.05) is 11.3 Å². The number of amides is 1. The van der Waals surface area contributed by atoms with Gasteiger partial charge in [0.2, 0.25) is 5.91 Å². The molecule has 5 nitrogen and oxygen atoms in total. The maximum absolute atomic E-state index is 13.3. The number of benzene rings is 1. The van der Waals surface area contributed by atoms with Crippen molar-refractivity contribution in [3.63, 3.8) is 0 Å². The molecule has 7 heteroatoms. The first kappa shape index (κ1) is 16.0. The Hall–Kier alpha value is -2.54. The Morgan fingerprint density at radius 1 is 1.28 bits per heavy atom. The summed E-state index contributed by atoms with van der Waals surface area (Å²) in [7, 11) is 0. The maximum atomic E-state index is 13.3. The normalized spacial score (nSPS) is 14.5. The number of nitrogens with one attached hydrogen (secondary N) is 1. The topological polar surface area (TPSA) is 58.1 Å². The minimum Gasteiger partial charge on any atom is -0.355 e. The lowest BCUT2D eigenvalue weighted by Crippen LogP contribution is -2.54. The molecule has 0 radical (unpaired) electrons. The fraction of sp³-hybridized carbons (Fsp3) is 0.278. The van der Waals surface area contributed by atoms with Crippen LogP contribution < -0.4 is 10.2 Å². The van der Waals surface area contributed by atoms with Crippen LogP contribution in [0.4, 0.5) is 9.52 Å². The zero-order valence-corrected chi connectivity index (χ0v) is 14.3. The van der Waals surface area contributed by atoms with Crippen molar-refractivity contribution in [2.45, 2.75) is 6.42 Å². The first-order valence-corrected chi connectivity index (χ1v) is 8.98. The Kier molecular flexibility index (Phi) is 4.31. The molecule has 1 saturated heterocycles. The van der Waals surface area contributed by atoms with Gasteiger partial charge in [0.1, 0.15) is 5.82 Å². The number of nitrogens with zero attached hydrogens (tertiary/aromatic N) is 3. The third-order valence-corrected chi connectivity index (χ3v) is 5.40. The van der Waals surface area contributed by atoms with Gasteiger partial charge in [0, 0.05) is 32.0 Å². The highest BCUT2D eigenvalue weighted by atomic mass is 32.1. The third kappa shape index (κ3) is 3.46. The molecule has 1 N–H and O–H groups in total. The van der Waals surface area contributed by atoms with E-state index in [2.05, 4.69) is 20.2 Å². The van der Waals surface area contributed by atoms with Crippen molar-refractivity contribution < 1.29 is 9.18 Å². The van der Waals surface area contributed by atoms with Gasteiger partial charge < -0.3 is 10.2 Å². The fourth-order valence-corrected chi connectivity index (χ4v) is 3.85. The number of carbonyl (C=O) groups is 1. The molecule has 0 atom stereocenters. The number of thiazole rings is 1. The molecule has 3 heterocycles. The van der Waals surface area contributed by atoms with Crippen LogP contribution in [0.25, 0.3) is 10.2 Å². The highest BCUT2D eigenvalue weighted by molar-refractivity contribution is 7.22. The first-order valence-electron chi connectivity index (χ1n) is 8.17. The molecule has 1 aliphatic heterocycles. The van der Waals surface area contributed by atoms with Crippen molar-refractivity contribution in [1.29, 1.82) is 0 Å². The van der Waals surface area contributed by atoms with Crippen LogP contribution in [0.5, 0.6) is 0 Å². The number of halogens is 1. The van der Waals surface area contributed by atoms with Crippen LogP contribution >= 0.6 is 11.3 Å². The summed E-state index contributed by atoms with van der Waals surface area (Å²) in [6, 6.07) is 8.51. The number of carbonyl (C=O) groups excluding carboxylic acids is 1. The smallest absolute Gasteiger partial charge is 0.226 e. The Morgan fingerprint density at radius 2 is 2.08 bits per heavy atom. The number of hydrogen-bond acceptors (Lipinski definition) is 5. The van der Waals surface area contributed by atoms with Crippen LogP contribution in [0.2, 0.25) is 0 Å². The fourth-order valence-electron chi connectivity index (χ4n) is 2.85. The van der Waals surface area contributed by atoms with Gasteiger partial charge in [0.15, 0.2) is 5.13 Å². The second-order valence-electron chi connectivity index (χ2n) is 6.11. The van der Waals surface area contributed by atoms with E-state index in [0.29, 0.717) is 19.6 Å². The molecule has 0 unspecified atom stereocenters. The molecular weight excluding hydrogens is 339 g/mol. The maximum Gasteiger partial charge on any atom is 0.226 e. The number of anilines is 1. The van der Waals surface area contributed by atoms with E-state index in [9.17, 15) is 9.18 Å². The number of aromatic nitrogens is 2. The summed E-state index contributed by atoms with van der Waals surface area (Å²) in [6.07, 6.45) is 4.31. The lowest BCUT2D eigenvalue weighted by atomic mass is 10.00. The Bertz CT molecular complexity index is 892. The number of fused-ring (bicyclic) bond motifs is 1. The highest BCUT2D eigenvalue weighted by Gasteiger charge is 2.34. The SMILES string of the molecule is O=C(NCCc1ccncc1)C1CN(c2nc3ccc(F)cc3s2)C1. The number of hydrogen-bond donors (Lipinski definition) is 1. The van der Waals surface area contributed by atoms with E-state index in [0.717, 1.165) is 27.3 Å². The van der Waals surface area contributed by atoms with Crippen molar-refractivity contribution in [3.05, 3.63) is 54.1 Å². The summed E-state index contributed by atoms with van der Waals surface area (Å²) >= 11 is 1.46. The predicted octanol–water partition coefficient (Wildman–Crippen LogP) is 2.63. The summed E-state index contributed by atoms with van der Waals surface area (Å²) in [5.41, 5.74) is 1.96. The van der Waals surface area contributed by atoms with Gasteiger partial charge in [-0.25, -0.2) is 9.37 Å². The Balaban J connectivity index is 1.28. The Morgan fingerprint density at radius 3 is 2.88 bits per heavy atom. The second kappa shape index (κ2) is 6.76. The van der Waals surface area contributed by atoms with Crippen molar-refractivity contribution in [2.24, 2.45) is 5.92 Å². The van der Waals surface area contributed by atoms with Crippen molar-refractivity contribution >= 4 is 32.6 Å². The van der Waals surface area contributed by atoms with Gasteiger partial charge in [-0.2, -0.15) is 0 Å². The summed E-state index contributed by atoms with van der Waals surface area (Å²) in [5, 5.41) is 3.84. The van der Waals surface area contributed by atoms with Crippen molar-refractivity contribution in [3.8, 4) is 0 Å². The first-order chi connectivity index (χ1) is 12.2. The quantitative estimate of drug-likeness (QED) is 0.764. The number of pyridine rings is 1. The van der Waals surface area contributed by atoms with Crippen LogP contribution in [0, 0.1) is 11.7 Å². The molecule has 0 spiro atoms. The van der Waals surface area contributed by atoms with Crippen LogP contribution in [0.3, 0.4) is 0 Å². The van der Waals surface area contributed by atoms with Crippen molar-refractivity contribution in [2.75, 3.05) is 24.5 Å². The second-order valence-corrected chi connectivity index (χ2v) is 7.12. The Labute approximate surface area is 148 Å². The lowest BCUT2D eigenvalue weighted by Gasteiger charge is -2.37. The molecule has 1 fully saturated rings. The molecule has 128 valence electrons. The molecule has 0 bridgehead atoms. The highest BCUT2D eigenvalue weighted by Crippen LogP contribution is 2.33. The van der Waals surface area contributed by atoms with Gasteiger partial charge in [-0.3, -0.25) is 9.78 Å². The van der Waals surface area contributed by atoms with Crippen LogP contribution in [0.1, 0.15) is 5.56 Å². The molecule has 2 aromatic heterocycles. The predicted molar refractivity (Wildman–Crippen MR) is 96.2 cm³/mol. The summed E-state index contributed by atoms with van der Waals surface area (Å²) < 4.78 is 14.1. The van der Waals surface area contributed by atoms with Gasteiger partial charge in [-0.15, -0.1) is 0 Å². The van der Waals surface area contributed by atoms with E-state index in [1.165, 1.54) is 23.5 Å². The van der Waals surface area contributed by atoms with E-state index >= 15 is 0 Å². The minimum atomic E-state index is -0.252. The van der Waals surface area contributed by atoms with E-state index in [-0.39, 0.29) is 17.6 Å². The summed E-state index contributed by atoms with van der Waals surface area (Å²) in [5.74, 6) is -0.184. The van der Waals surface area contributed by atoms with E-state index in [4.69, 9.17) is 0 Å². The summed E-state index contributed by atoms with van der Waals surface area (Å²) in [6.45, 7) is 1.94. The zero-order chi connectivity index (χ0) is 17.2. The minimum absolute atomic E-state index is 0.0128. The molecule has 0 aliphatic carbocycles. The molecule has 4 rings (SSSR count). The molecule has 1 amide bonds. The molecule has 1 aliphatic rings. The van der Waals surface area contributed by atoms with Gasteiger partial charge in [0.25, 0.3) is 0 Å². The molecular formula is C18H17FN4OS. The lowest BCUT2D eigenvalue weighted by molar-refractivity contribution is -0.125. The van der Waals surface area contributed by atoms with E-state index in [1.54, 1.807) is 18.5 Å². The van der Waals surface area contributed by atoms with Gasteiger partial charge in [-0.05, 0) is 42.3 Å². The van der Waals surface area contributed by atoms with Crippen molar-refractivity contribution in [1.82, 2.24) is 15.3 Å². The summed E-state index contributed by atoms with van der Waals surface area (Å²) in [4.78, 5) is 22.7.